The molecule has 2 N–H and O–H groups in total. The SMILES string of the molecule is CN(CCN1CCC(OC(=O)Nc2ccccc2-c2ccccc2)CC1)C(=O)CCOCCNc1ccc(C(=O)N(C)CCCN(C)C(=O)OC(C)(C)C)cc1. The molecule has 1 aliphatic heterocycles. The van der Waals surface area contributed by atoms with E-state index in [1.54, 1.807) is 36.0 Å². The fourth-order valence-corrected chi connectivity index (χ4v) is 6.17. The first-order valence-corrected chi connectivity index (χ1v) is 19.5. The number of piperidine rings is 1. The van der Waals surface area contributed by atoms with Crippen molar-refractivity contribution in [3.63, 3.8) is 0 Å². The Kier molecular flexibility index (Phi) is 17.0. The molecule has 0 aliphatic carbocycles. The predicted molar refractivity (Wildman–Crippen MR) is 220 cm³/mol. The van der Waals surface area contributed by atoms with Crippen LogP contribution in [0.4, 0.5) is 21.0 Å². The molecular weight excluding hydrogens is 713 g/mol. The Morgan fingerprint density at radius 1 is 0.786 bits per heavy atom. The number of hydrogen-bond donors (Lipinski definition) is 2. The second-order valence-corrected chi connectivity index (χ2v) is 15.1. The molecule has 4 rings (SSSR count). The number of nitrogens with zero attached hydrogens (tertiary/aromatic N) is 4. The molecule has 56 heavy (non-hydrogen) atoms. The van der Waals surface area contributed by atoms with Crippen LogP contribution in [-0.2, 0) is 19.0 Å². The van der Waals surface area contributed by atoms with Crippen LogP contribution in [-0.4, -0.2) is 135 Å². The first-order valence-electron chi connectivity index (χ1n) is 19.5. The summed E-state index contributed by atoms with van der Waals surface area (Å²) in [7, 11) is 5.25. The highest BCUT2D eigenvalue weighted by Gasteiger charge is 2.24. The number of nitrogens with one attached hydrogen (secondary N) is 2. The van der Waals surface area contributed by atoms with E-state index >= 15 is 0 Å². The van der Waals surface area contributed by atoms with Gasteiger partial charge in [0, 0.05) is 83.8 Å². The molecule has 4 amide bonds. The number of anilines is 2. The maximum absolute atomic E-state index is 12.9. The minimum atomic E-state index is -0.550. The van der Waals surface area contributed by atoms with E-state index in [2.05, 4.69) is 15.5 Å². The topological polar surface area (TPSA) is 133 Å². The highest BCUT2D eigenvalue weighted by atomic mass is 16.6. The Morgan fingerprint density at radius 2 is 1.45 bits per heavy atom. The molecule has 1 heterocycles. The van der Waals surface area contributed by atoms with E-state index in [1.807, 2.05) is 94.5 Å². The number of para-hydroxylation sites is 1. The lowest BCUT2D eigenvalue weighted by Crippen LogP contribution is -2.42. The maximum atomic E-state index is 12.9. The zero-order valence-electron chi connectivity index (χ0n) is 33.9. The molecule has 3 aromatic rings. The van der Waals surface area contributed by atoms with E-state index in [9.17, 15) is 19.2 Å². The molecule has 0 spiro atoms. The average Bonchev–Trinajstić information content (AvgIpc) is 3.18. The van der Waals surface area contributed by atoms with Gasteiger partial charge in [0.1, 0.15) is 11.7 Å². The summed E-state index contributed by atoms with van der Waals surface area (Å²) in [6.07, 6.45) is 1.44. The molecule has 3 aromatic carbocycles. The molecule has 0 unspecified atom stereocenters. The standard InChI is InChI=1S/C43H60N6O7/c1-43(2,3)56-42(53)48(6)26-12-25-47(5)40(51)34-17-19-35(20-18-34)44-24-32-54-31-23-39(50)46(4)29-30-49-27-21-36(22-28-49)55-41(52)45-38-16-11-10-15-37(38)33-13-8-7-9-14-33/h7-11,13-20,36,44H,12,21-32H2,1-6H3,(H,45,52). The second-order valence-electron chi connectivity index (χ2n) is 15.1. The van der Waals surface area contributed by atoms with Crippen LogP contribution >= 0.6 is 0 Å². The van der Waals surface area contributed by atoms with Gasteiger partial charge < -0.3 is 39.1 Å². The third-order valence-corrected chi connectivity index (χ3v) is 9.44. The molecule has 1 saturated heterocycles. The molecule has 0 radical (unpaired) electrons. The fourth-order valence-electron chi connectivity index (χ4n) is 6.17. The minimum absolute atomic E-state index is 0.0314. The summed E-state index contributed by atoms with van der Waals surface area (Å²) in [5.41, 5.74) is 3.58. The van der Waals surface area contributed by atoms with Crippen LogP contribution in [0.5, 0.6) is 0 Å². The van der Waals surface area contributed by atoms with Crippen molar-refractivity contribution in [3.05, 3.63) is 84.4 Å². The Hall–Kier alpha value is -5.14. The van der Waals surface area contributed by atoms with E-state index in [-0.39, 0.29) is 24.0 Å². The fraction of sp³-hybridized carbons (Fsp3) is 0.488. The molecule has 1 fully saturated rings. The second kappa shape index (κ2) is 21.8. The van der Waals surface area contributed by atoms with E-state index in [1.165, 1.54) is 4.90 Å². The Labute approximate surface area is 332 Å². The number of carbonyl (C=O) groups excluding carboxylic acids is 4. The van der Waals surface area contributed by atoms with E-state index < -0.39 is 11.7 Å². The lowest BCUT2D eigenvalue weighted by molar-refractivity contribution is -0.131. The molecular formula is C43H60N6O7. The summed E-state index contributed by atoms with van der Waals surface area (Å²) in [6, 6.07) is 24.9. The number of benzene rings is 3. The first kappa shape index (κ1) is 43.6. The molecule has 0 saturated carbocycles. The molecule has 304 valence electrons. The summed E-state index contributed by atoms with van der Waals surface area (Å²) < 4.78 is 16.8. The number of likely N-dealkylation sites (N-methyl/N-ethyl adjacent to an activating group) is 1. The molecule has 0 aromatic heterocycles. The van der Waals surface area contributed by atoms with Gasteiger partial charge in [-0.1, -0.05) is 48.5 Å². The van der Waals surface area contributed by atoms with Crippen LogP contribution < -0.4 is 10.6 Å². The van der Waals surface area contributed by atoms with Crippen molar-refractivity contribution >= 4 is 35.4 Å². The predicted octanol–water partition coefficient (Wildman–Crippen LogP) is 6.67. The van der Waals surface area contributed by atoms with Crippen molar-refractivity contribution in [2.45, 2.75) is 58.2 Å². The number of amides is 4. The molecule has 1 aliphatic rings. The number of hydrogen-bond acceptors (Lipinski definition) is 9. The number of ether oxygens (including phenoxy) is 3. The molecule has 0 atom stereocenters. The number of likely N-dealkylation sites (tertiary alicyclic amines) is 1. The van der Waals surface area contributed by atoms with E-state index in [4.69, 9.17) is 14.2 Å². The third kappa shape index (κ3) is 14.8. The van der Waals surface area contributed by atoms with Crippen LogP contribution in [0.2, 0.25) is 0 Å². The summed E-state index contributed by atoms with van der Waals surface area (Å²) >= 11 is 0. The van der Waals surface area contributed by atoms with Crippen molar-refractivity contribution < 1.29 is 33.4 Å². The molecule has 0 bridgehead atoms. The van der Waals surface area contributed by atoms with Crippen molar-refractivity contribution in [3.8, 4) is 11.1 Å². The monoisotopic (exact) mass is 772 g/mol. The lowest BCUT2D eigenvalue weighted by Gasteiger charge is -2.32. The van der Waals surface area contributed by atoms with Gasteiger partial charge in [-0.25, -0.2) is 9.59 Å². The zero-order valence-corrected chi connectivity index (χ0v) is 33.9. The van der Waals surface area contributed by atoms with Gasteiger partial charge in [0.2, 0.25) is 5.91 Å². The van der Waals surface area contributed by atoms with E-state index in [0.29, 0.717) is 63.5 Å². The van der Waals surface area contributed by atoms with Gasteiger partial charge in [-0.05, 0) is 75.9 Å². The minimum Gasteiger partial charge on any atom is -0.446 e. The summed E-state index contributed by atoms with van der Waals surface area (Å²) in [6.45, 7) is 10.8. The average molecular weight is 773 g/mol. The molecule has 13 nitrogen and oxygen atoms in total. The normalized spacial score (nSPS) is 13.4. The van der Waals surface area contributed by atoms with Crippen LogP contribution in [0.3, 0.4) is 0 Å². The summed E-state index contributed by atoms with van der Waals surface area (Å²) in [5, 5.41) is 6.20. The Balaban J connectivity index is 1.03. The van der Waals surface area contributed by atoms with Crippen LogP contribution in [0.1, 0.15) is 56.8 Å². The number of rotatable bonds is 18. The van der Waals surface area contributed by atoms with Crippen molar-refractivity contribution in [2.75, 3.05) is 90.8 Å². The van der Waals surface area contributed by atoms with Crippen molar-refractivity contribution in [1.29, 1.82) is 0 Å². The lowest BCUT2D eigenvalue weighted by atomic mass is 10.0. The van der Waals surface area contributed by atoms with Gasteiger partial charge >= 0.3 is 12.2 Å². The summed E-state index contributed by atoms with van der Waals surface area (Å²) in [4.78, 5) is 57.7. The third-order valence-electron chi connectivity index (χ3n) is 9.44. The highest BCUT2D eigenvalue weighted by Crippen LogP contribution is 2.28. The van der Waals surface area contributed by atoms with Crippen LogP contribution in [0, 0.1) is 0 Å². The Bertz CT molecular complexity index is 1690. The van der Waals surface area contributed by atoms with Gasteiger partial charge in [0.15, 0.2) is 0 Å². The molecule has 13 heteroatoms. The van der Waals surface area contributed by atoms with Crippen molar-refractivity contribution in [1.82, 2.24) is 19.6 Å². The quantitative estimate of drug-likeness (QED) is 0.136. The van der Waals surface area contributed by atoms with Gasteiger partial charge in [-0.3, -0.25) is 14.9 Å². The first-order chi connectivity index (χ1) is 26.8. The Morgan fingerprint density at radius 3 is 2.14 bits per heavy atom. The van der Waals surface area contributed by atoms with Gasteiger partial charge in [0.25, 0.3) is 5.91 Å². The smallest absolute Gasteiger partial charge is 0.411 e. The van der Waals surface area contributed by atoms with Crippen LogP contribution in [0.15, 0.2) is 78.9 Å². The van der Waals surface area contributed by atoms with Gasteiger partial charge in [-0.15, -0.1) is 0 Å². The largest absolute Gasteiger partial charge is 0.446 e. The number of carbonyl (C=O) groups is 4. The highest BCUT2D eigenvalue weighted by molar-refractivity contribution is 5.94. The van der Waals surface area contributed by atoms with Crippen molar-refractivity contribution in [2.24, 2.45) is 0 Å². The van der Waals surface area contributed by atoms with Gasteiger partial charge in [-0.2, -0.15) is 0 Å². The maximum Gasteiger partial charge on any atom is 0.411 e. The van der Waals surface area contributed by atoms with Crippen LogP contribution in [0.25, 0.3) is 11.1 Å². The zero-order chi connectivity index (χ0) is 40.5. The van der Waals surface area contributed by atoms with E-state index in [0.717, 1.165) is 49.3 Å². The van der Waals surface area contributed by atoms with Gasteiger partial charge in [0.05, 0.1) is 25.3 Å². The summed E-state index contributed by atoms with van der Waals surface area (Å²) in [5.74, 6) is -0.0590.